The lowest BCUT2D eigenvalue weighted by Crippen LogP contribution is -2.07. The minimum Gasteiger partial charge on any atom is -0.379 e. The van der Waals surface area contributed by atoms with Crippen molar-refractivity contribution in [3.63, 3.8) is 0 Å². The number of hydrogen-bond donors (Lipinski definition) is 1. The van der Waals surface area contributed by atoms with Gasteiger partial charge in [0.25, 0.3) is 0 Å². The zero-order valence-corrected chi connectivity index (χ0v) is 18.5. The first-order valence-electron chi connectivity index (χ1n) is 9.62. The highest BCUT2D eigenvalue weighted by Gasteiger charge is 2.02. The van der Waals surface area contributed by atoms with Gasteiger partial charge < -0.3 is 10.0 Å². The van der Waals surface area contributed by atoms with Crippen molar-refractivity contribution in [3.8, 4) is 11.8 Å². The summed E-state index contributed by atoms with van der Waals surface area (Å²) in [5, 5.41) is 7.88. The average molecular weight is 387 g/mol. The molecule has 28 heavy (non-hydrogen) atoms. The van der Waals surface area contributed by atoms with Crippen molar-refractivity contribution in [3.05, 3.63) is 64.7 Å². The summed E-state index contributed by atoms with van der Waals surface area (Å²) in [6.07, 6.45) is 0. The number of rotatable bonds is 3. The quantitative estimate of drug-likeness (QED) is 0.437. The molecule has 0 atom stereocenters. The predicted molar refractivity (Wildman–Crippen MR) is 119 cm³/mol. The SMILES string of the molecule is CC.CN(F)CO.Cc1cc(C#Cc2ccc(N(C)C)cc2)ccc1C(C)C. The van der Waals surface area contributed by atoms with Crippen molar-refractivity contribution in [2.75, 3.05) is 32.8 Å². The van der Waals surface area contributed by atoms with E-state index in [0.717, 1.165) is 18.2 Å². The van der Waals surface area contributed by atoms with Crippen molar-refractivity contribution in [1.29, 1.82) is 0 Å². The van der Waals surface area contributed by atoms with E-state index < -0.39 is 6.73 Å². The molecule has 4 heteroatoms. The Morgan fingerprint density at radius 1 is 0.929 bits per heavy atom. The van der Waals surface area contributed by atoms with E-state index in [2.05, 4.69) is 80.0 Å². The van der Waals surface area contributed by atoms with Crippen LogP contribution in [-0.2, 0) is 0 Å². The summed E-state index contributed by atoms with van der Waals surface area (Å²) in [6, 6.07) is 14.8. The summed E-state index contributed by atoms with van der Waals surface area (Å²) in [5.74, 6) is 7.05. The van der Waals surface area contributed by atoms with Gasteiger partial charge in [-0.25, -0.2) is 0 Å². The second-order valence-corrected chi connectivity index (χ2v) is 6.66. The highest BCUT2D eigenvalue weighted by atomic mass is 19.2. The van der Waals surface area contributed by atoms with Crippen molar-refractivity contribution in [2.45, 2.75) is 40.5 Å². The summed E-state index contributed by atoms with van der Waals surface area (Å²) in [4.78, 5) is 2.09. The van der Waals surface area contributed by atoms with Gasteiger partial charge in [-0.15, -0.1) is 9.60 Å². The van der Waals surface area contributed by atoms with Gasteiger partial charge >= 0.3 is 0 Å². The molecule has 1 N–H and O–H groups in total. The van der Waals surface area contributed by atoms with Crippen LogP contribution in [0.5, 0.6) is 0 Å². The number of benzene rings is 2. The minimum atomic E-state index is -0.528. The molecule has 0 saturated heterocycles. The Labute approximate surface area is 170 Å². The van der Waals surface area contributed by atoms with Gasteiger partial charge in [0.1, 0.15) is 6.73 Å². The third-order valence-electron chi connectivity index (χ3n) is 3.82. The van der Waals surface area contributed by atoms with E-state index in [1.54, 1.807) is 0 Å². The molecule has 0 radical (unpaired) electrons. The number of hydrogen-bond acceptors (Lipinski definition) is 3. The first-order valence-corrected chi connectivity index (χ1v) is 9.62. The van der Waals surface area contributed by atoms with Gasteiger partial charge in [0, 0.05) is 38.0 Å². The molecular weight excluding hydrogens is 351 g/mol. The molecule has 0 unspecified atom stereocenters. The first-order chi connectivity index (χ1) is 13.2. The Morgan fingerprint density at radius 2 is 1.39 bits per heavy atom. The van der Waals surface area contributed by atoms with Gasteiger partial charge in [-0.05, 0) is 60.4 Å². The topological polar surface area (TPSA) is 26.7 Å². The van der Waals surface area contributed by atoms with Crippen molar-refractivity contribution >= 4 is 5.69 Å². The summed E-state index contributed by atoms with van der Waals surface area (Å²) >= 11 is 0. The summed E-state index contributed by atoms with van der Waals surface area (Å²) < 4.78 is 11.0. The van der Waals surface area contributed by atoms with Crippen LogP contribution >= 0.6 is 0 Å². The molecule has 0 saturated carbocycles. The maximum atomic E-state index is 11.0. The number of aliphatic hydroxyl groups excluding tert-OH is 1. The highest BCUT2D eigenvalue weighted by molar-refractivity contribution is 5.51. The number of aryl methyl sites for hydroxylation is 1. The van der Waals surface area contributed by atoms with Crippen molar-refractivity contribution < 1.29 is 9.59 Å². The third-order valence-corrected chi connectivity index (χ3v) is 3.82. The van der Waals surface area contributed by atoms with Crippen LogP contribution < -0.4 is 4.90 Å². The van der Waals surface area contributed by atoms with Crippen LogP contribution in [-0.4, -0.2) is 38.1 Å². The van der Waals surface area contributed by atoms with Crippen molar-refractivity contribution in [1.82, 2.24) is 5.12 Å². The van der Waals surface area contributed by atoms with Crippen LogP contribution in [0.1, 0.15) is 55.9 Å². The van der Waals surface area contributed by atoms with Gasteiger partial charge in [0.05, 0.1) is 0 Å². The van der Waals surface area contributed by atoms with E-state index in [0.29, 0.717) is 5.92 Å². The fraction of sp³-hybridized carbons (Fsp3) is 0.417. The molecule has 0 amide bonds. The Bertz CT molecular complexity index is 741. The van der Waals surface area contributed by atoms with Crippen LogP contribution in [0.25, 0.3) is 0 Å². The highest BCUT2D eigenvalue weighted by Crippen LogP contribution is 2.19. The van der Waals surface area contributed by atoms with Gasteiger partial charge in [0.15, 0.2) is 0 Å². The van der Waals surface area contributed by atoms with Crippen LogP contribution in [0.3, 0.4) is 0 Å². The van der Waals surface area contributed by atoms with Crippen molar-refractivity contribution in [2.24, 2.45) is 0 Å². The standard InChI is InChI=1S/C20H23N.C2H6FNO.C2H6/c1-15(2)20-13-10-18(14-16(20)3)7-6-17-8-11-19(12-9-17)21(4)5;1-4(3)2-5;1-2/h8-15H,1-5H3;5H,2H2,1H3;1-2H3. The van der Waals surface area contributed by atoms with E-state index in [1.165, 1.54) is 16.8 Å². The molecule has 154 valence electrons. The number of anilines is 1. The van der Waals surface area contributed by atoms with E-state index in [1.807, 2.05) is 27.9 Å². The smallest absolute Gasteiger partial charge is 0.123 e. The van der Waals surface area contributed by atoms with Gasteiger partial charge in [-0.1, -0.05) is 45.6 Å². The Kier molecular flexibility index (Phi) is 12.6. The summed E-state index contributed by atoms with van der Waals surface area (Å²) in [5.41, 5.74) is 6.04. The molecule has 0 aromatic heterocycles. The molecule has 0 bridgehead atoms. The van der Waals surface area contributed by atoms with Crippen LogP contribution in [0.15, 0.2) is 42.5 Å². The van der Waals surface area contributed by atoms with E-state index in [4.69, 9.17) is 5.11 Å². The van der Waals surface area contributed by atoms with Gasteiger partial charge in [-0.3, -0.25) is 0 Å². The molecule has 0 fully saturated rings. The molecule has 2 aromatic rings. The fourth-order valence-corrected chi connectivity index (χ4v) is 2.39. The summed E-state index contributed by atoms with van der Waals surface area (Å²) in [6.45, 7) is 10.1. The average Bonchev–Trinajstić information content (AvgIpc) is 2.68. The normalized spacial score (nSPS) is 9.57. The molecule has 0 aliphatic rings. The zero-order chi connectivity index (χ0) is 21.7. The van der Waals surface area contributed by atoms with Gasteiger partial charge in [-0.2, -0.15) is 0 Å². The minimum absolute atomic E-state index is 0.181. The molecule has 0 spiro atoms. The maximum Gasteiger partial charge on any atom is 0.123 e. The number of nitrogens with zero attached hydrogens (tertiary/aromatic N) is 2. The summed E-state index contributed by atoms with van der Waals surface area (Å²) in [7, 11) is 5.22. The van der Waals surface area contributed by atoms with E-state index in [-0.39, 0.29) is 5.12 Å². The Balaban J connectivity index is 0.000000906. The Hall–Kier alpha value is -2.35. The largest absolute Gasteiger partial charge is 0.379 e. The molecule has 0 aliphatic heterocycles. The molecule has 2 rings (SSSR count). The fourth-order valence-electron chi connectivity index (χ4n) is 2.39. The molecule has 3 nitrogen and oxygen atoms in total. The molecule has 2 aromatic carbocycles. The third kappa shape index (κ3) is 9.55. The van der Waals surface area contributed by atoms with Gasteiger partial charge in [0.2, 0.25) is 0 Å². The maximum absolute atomic E-state index is 11.0. The molecule has 0 aliphatic carbocycles. The second-order valence-electron chi connectivity index (χ2n) is 6.66. The van der Waals surface area contributed by atoms with E-state index >= 15 is 0 Å². The van der Waals surface area contributed by atoms with E-state index in [9.17, 15) is 4.48 Å². The monoisotopic (exact) mass is 386 g/mol. The first kappa shape index (κ1) is 25.7. The lowest BCUT2D eigenvalue weighted by Gasteiger charge is -2.11. The van der Waals surface area contributed by atoms with Crippen LogP contribution in [0.4, 0.5) is 10.2 Å². The molecular formula is C24H35FN2O. The van der Waals surface area contributed by atoms with Crippen LogP contribution in [0, 0.1) is 18.8 Å². The second kappa shape index (κ2) is 13.8. The zero-order valence-electron chi connectivity index (χ0n) is 18.5. The number of aliphatic hydroxyl groups is 1. The Morgan fingerprint density at radius 3 is 1.79 bits per heavy atom. The number of halogens is 1. The lowest BCUT2D eigenvalue weighted by atomic mass is 9.96. The predicted octanol–water partition coefficient (Wildman–Crippen LogP) is 5.36. The lowest BCUT2D eigenvalue weighted by molar-refractivity contribution is -0.0256. The molecule has 0 heterocycles. The van der Waals surface area contributed by atoms with Crippen LogP contribution in [0.2, 0.25) is 0 Å².